The Balaban J connectivity index is 1.45. The number of carbonyl (C=O) groups is 1. The van der Waals surface area contributed by atoms with Crippen LogP contribution in [-0.4, -0.2) is 44.0 Å². The highest BCUT2D eigenvalue weighted by Gasteiger charge is 2.17. The minimum Gasteiger partial charge on any atom is -0.450 e. The molecule has 0 unspecified atom stereocenters. The predicted molar refractivity (Wildman–Crippen MR) is 121 cm³/mol. The fourth-order valence-electron chi connectivity index (χ4n) is 3.53. The van der Waals surface area contributed by atoms with Gasteiger partial charge in [0.2, 0.25) is 0 Å². The van der Waals surface area contributed by atoms with Gasteiger partial charge in [0, 0.05) is 35.8 Å². The van der Waals surface area contributed by atoms with Crippen molar-refractivity contribution in [2.75, 3.05) is 18.9 Å². The summed E-state index contributed by atoms with van der Waals surface area (Å²) in [5.41, 5.74) is 9.71. The standard InChI is InChI=1S/C22H27N7O2/c1-2-3-12-31-22(30)25-9-4-5-11-29-21-18(20(23)26-14-27-21)19(28-29)16-6-7-17-15(13-16)8-10-24-17/h6-8,10,13-14,24H,2-5,9,11-12H2,1H3,(H,25,30)(H2,23,26,27). The molecule has 0 saturated carbocycles. The molecule has 4 N–H and O–H groups in total. The fraction of sp³-hybridized carbons (Fsp3) is 0.364. The maximum Gasteiger partial charge on any atom is 0.407 e. The fourth-order valence-corrected chi connectivity index (χ4v) is 3.53. The van der Waals surface area contributed by atoms with Crippen molar-refractivity contribution in [3.8, 4) is 11.3 Å². The summed E-state index contributed by atoms with van der Waals surface area (Å²) in [6.07, 6.45) is 6.52. The van der Waals surface area contributed by atoms with Crippen LogP contribution in [0.4, 0.5) is 10.6 Å². The van der Waals surface area contributed by atoms with Crippen LogP contribution in [0, 0.1) is 0 Å². The van der Waals surface area contributed by atoms with E-state index in [2.05, 4.69) is 33.3 Å². The molecule has 0 spiro atoms. The lowest BCUT2D eigenvalue weighted by molar-refractivity contribution is 0.144. The Morgan fingerprint density at radius 1 is 1.23 bits per heavy atom. The van der Waals surface area contributed by atoms with E-state index in [1.807, 2.05) is 29.1 Å². The number of ether oxygens (including phenoxy) is 1. The summed E-state index contributed by atoms with van der Waals surface area (Å²) < 4.78 is 6.96. The molecule has 0 fully saturated rings. The number of anilines is 1. The lowest BCUT2D eigenvalue weighted by atomic mass is 10.1. The van der Waals surface area contributed by atoms with Crippen molar-refractivity contribution >= 4 is 33.8 Å². The van der Waals surface area contributed by atoms with E-state index in [1.165, 1.54) is 6.33 Å². The monoisotopic (exact) mass is 421 g/mol. The van der Waals surface area contributed by atoms with Crippen LogP contribution in [0.3, 0.4) is 0 Å². The number of amides is 1. The number of fused-ring (bicyclic) bond motifs is 2. The summed E-state index contributed by atoms with van der Waals surface area (Å²) in [4.78, 5) is 23.4. The highest BCUT2D eigenvalue weighted by molar-refractivity contribution is 5.99. The van der Waals surface area contributed by atoms with Crippen molar-refractivity contribution in [2.45, 2.75) is 39.2 Å². The van der Waals surface area contributed by atoms with Gasteiger partial charge in [0.1, 0.15) is 17.8 Å². The molecule has 0 bridgehead atoms. The summed E-state index contributed by atoms with van der Waals surface area (Å²) in [7, 11) is 0. The number of rotatable bonds is 9. The number of aromatic amines is 1. The van der Waals surface area contributed by atoms with Gasteiger partial charge < -0.3 is 20.8 Å². The Labute approximate surface area is 180 Å². The molecule has 0 aliphatic heterocycles. The van der Waals surface area contributed by atoms with Gasteiger partial charge >= 0.3 is 6.09 Å². The molecule has 0 saturated heterocycles. The number of carbonyl (C=O) groups excluding carboxylic acids is 1. The smallest absolute Gasteiger partial charge is 0.407 e. The van der Waals surface area contributed by atoms with Crippen LogP contribution in [0.2, 0.25) is 0 Å². The molecule has 9 nitrogen and oxygen atoms in total. The second-order valence-corrected chi connectivity index (χ2v) is 7.43. The second-order valence-electron chi connectivity index (χ2n) is 7.43. The van der Waals surface area contributed by atoms with Gasteiger partial charge in [0.25, 0.3) is 0 Å². The van der Waals surface area contributed by atoms with Gasteiger partial charge in [0.15, 0.2) is 5.65 Å². The molecule has 4 aromatic rings. The molecule has 3 heterocycles. The summed E-state index contributed by atoms with van der Waals surface area (Å²) in [6, 6.07) is 8.16. The van der Waals surface area contributed by atoms with Crippen LogP contribution in [0.15, 0.2) is 36.8 Å². The molecular formula is C22H27N7O2. The van der Waals surface area contributed by atoms with Gasteiger partial charge in [-0.25, -0.2) is 19.4 Å². The third-order valence-electron chi connectivity index (χ3n) is 5.18. The molecule has 4 rings (SSSR count). The molecule has 1 amide bonds. The number of benzene rings is 1. The third kappa shape index (κ3) is 4.60. The first-order valence-corrected chi connectivity index (χ1v) is 10.6. The number of nitrogens with zero attached hydrogens (tertiary/aromatic N) is 4. The Morgan fingerprint density at radius 2 is 2.13 bits per heavy atom. The zero-order valence-electron chi connectivity index (χ0n) is 17.6. The Kier molecular flexibility index (Phi) is 6.30. The second kappa shape index (κ2) is 9.46. The number of nitrogens with one attached hydrogen (secondary N) is 2. The number of hydrogen-bond donors (Lipinski definition) is 3. The predicted octanol–water partition coefficient (Wildman–Crippen LogP) is 3.86. The van der Waals surface area contributed by atoms with E-state index >= 15 is 0 Å². The maximum absolute atomic E-state index is 11.6. The van der Waals surface area contributed by atoms with Crippen LogP contribution in [0.1, 0.15) is 32.6 Å². The molecule has 31 heavy (non-hydrogen) atoms. The summed E-state index contributed by atoms with van der Waals surface area (Å²) in [6.45, 7) is 3.73. The minimum atomic E-state index is -0.360. The first-order chi connectivity index (χ1) is 15.2. The molecule has 3 aromatic heterocycles. The molecule has 1 aromatic carbocycles. The van der Waals surface area contributed by atoms with Crippen LogP contribution in [0.5, 0.6) is 0 Å². The lowest BCUT2D eigenvalue weighted by Crippen LogP contribution is -2.25. The minimum absolute atomic E-state index is 0.360. The first kappa shape index (κ1) is 20.6. The van der Waals surface area contributed by atoms with E-state index in [4.69, 9.17) is 15.6 Å². The SMILES string of the molecule is CCCCOC(=O)NCCCCn1nc(-c2ccc3[nH]ccc3c2)c2c(N)ncnc21. The average molecular weight is 422 g/mol. The van der Waals surface area contributed by atoms with Gasteiger partial charge in [-0.2, -0.15) is 5.10 Å². The largest absolute Gasteiger partial charge is 0.450 e. The van der Waals surface area contributed by atoms with Crippen LogP contribution in [-0.2, 0) is 11.3 Å². The lowest BCUT2D eigenvalue weighted by Gasteiger charge is -2.06. The van der Waals surface area contributed by atoms with Crippen LogP contribution in [0.25, 0.3) is 33.2 Å². The molecule has 162 valence electrons. The van der Waals surface area contributed by atoms with E-state index in [-0.39, 0.29) is 6.09 Å². The van der Waals surface area contributed by atoms with E-state index in [1.54, 1.807) is 0 Å². The normalized spacial score (nSPS) is 11.3. The van der Waals surface area contributed by atoms with Crippen molar-refractivity contribution in [3.05, 3.63) is 36.8 Å². The molecule has 0 atom stereocenters. The number of hydrogen-bond acceptors (Lipinski definition) is 6. The number of nitrogen functional groups attached to an aromatic ring is 1. The van der Waals surface area contributed by atoms with Crippen molar-refractivity contribution in [2.24, 2.45) is 0 Å². The van der Waals surface area contributed by atoms with E-state index in [9.17, 15) is 4.79 Å². The van der Waals surface area contributed by atoms with Gasteiger partial charge in [-0.1, -0.05) is 19.4 Å². The van der Waals surface area contributed by atoms with Gasteiger partial charge in [-0.15, -0.1) is 0 Å². The summed E-state index contributed by atoms with van der Waals surface area (Å²) >= 11 is 0. The topological polar surface area (TPSA) is 124 Å². The number of alkyl carbamates (subject to hydrolysis) is 1. The van der Waals surface area contributed by atoms with E-state index in [0.717, 1.165) is 53.2 Å². The van der Waals surface area contributed by atoms with E-state index in [0.29, 0.717) is 31.2 Å². The zero-order valence-corrected chi connectivity index (χ0v) is 17.6. The zero-order chi connectivity index (χ0) is 21.6. The van der Waals surface area contributed by atoms with Crippen molar-refractivity contribution in [1.82, 2.24) is 30.0 Å². The number of H-pyrrole nitrogens is 1. The van der Waals surface area contributed by atoms with E-state index < -0.39 is 0 Å². The number of aromatic nitrogens is 5. The highest BCUT2D eigenvalue weighted by atomic mass is 16.5. The van der Waals surface area contributed by atoms with Crippen molar-refractivity contribution in [3.63, 3.8) is 0 Å². The molecule has 0 radical (unpaired) electrons. The van der Waals surface area contributed by atoms with Gasteiger partial charge in [-0.3, -0.25) is 0 Å². The van der Waals surface area contributed by atoms with Gasteiger partial charge in [-0.05, 0) is 37.5 Å². The molecule has 0 aliphatic carbocycles. The average Bonchev–Trinajstić information content (AvgIpc) is 3.38. The Morgan fingerprint density at radius 3 is 3.00 bits per heavy atom. The number of aryl methyl sites for hydroxylation is 1. The Bertz CT molecular complexity index is 1180. The molecule has 9 heteroatoms. The molecular weight excluding hydrogens is 394 g/mol. The van der Waals surface area contributed by atoms with Gasteiger partial charge in [0.05, 0.1) is 12.0 Å². The number of unbranched alkanes of at least 4 members (excludes halogenated alkanes) is 2. The van der Waals surface area contributed by atoms with Crippen LogP contribution < -0.4 is 11.1 Å². The quantitative estimate of drug-likeness (QED) is 0.353. The number of nitrogens with two attached hydrogens (primary N) is 1. The third-order valence-corrected chi connectivity index (χ3v) is 5.18. The highest BCUT2D eigenvalue weighted by Crippen LogP contribution is 2.31. The summed E-state index contributed by atoms with van der Waals surface area (Å²) in [5, 5.41) is 9.45. The van der Waals surface area contributed by atoms with Crippen LogP contribution >= 0.6 is 0 Å². The Hall–Kier alpha value is -3.62. The molecule has 0 aliphatic rings. The van der Waals surface area contributed by atoms with Crippen molar-refractivity contribution < 1.29 is 9.53 Å². The van der Waals surface area contributed by atoms with Crippen molar-refractivity contribution in [1.29, 1.82) is 0 Å². The first-order valence-electron chi connectivity index (χ1n) is 10.6. The maximum atomic E-state index is 11.6. The summed E-state index contributed by atoms with van der Waals surface area (Å²) in [5.74, 6) is 0.414.